The van der Waals surface area contributed by atoms with Crippen LogP contribution in [-0.2, 0) is 19.1 Å². The lowest BCUT2D eigenvalue weighted by Gasteiger charge is -2.28. The van der Waals surface area contributed by atoms with Gasteiger partial charge in [-0.2, -0.15) is 0 Å². The van der Waals surface area contributed by atoms with Crippen LogP contribution in [0.5, 0.6) is 0 Å². The summed E-state index contributed by atoms with van der Waals surface area (Å²) in [6.45, 7) is 0. The Hall–Kier alpha value is -2.62. The van der Waals surface area contributed by atoms with Crippen molar-refractivity contribution in [2.24, 2.45) is 5.92 Å². The van der Waals surface area contributed by atoms with E-state index in [1.54, 1.807) is 30.4 Å². The van der Waals surface area contributed by atoms with Gasteiger partial charge in [0, 0.05) is 5.57 Å². The number of cyclic esters (lactones) is 1. The van der Waals surface area contributed by atoms with Gasteiger partial charge in [-0.3, -0.25) is 9.59 Å². The van der Waals surface area contributed by atoms with E-state index in [2.05, 4.69) is 0 Å². The van der Waals surface area contributed by atoms with Crippen LogP contribution in [0.25, 0.3) is 0 Å². The van der Waals surface area contributed by atoms with E-state index >= 15 is 0 Å². The molecule has 1 spiro atoms. The standard InChI is InChI=1S/C17H12O4/c18-13-4-1-3-11-6-7-12-8-9-15(19)20-10-2-5-14-17(12,21-14)16(11)13/h1-8,10,16H,9H2. The molecule has 0 amide bonds. The van der Waals surface area contributed by atoms with Crippen molar-refractivity contribution < 1.29 is 19.1 Å². The monoisotopic (exact) mass is 280 g/mol. The topological polar surface area (TPSA) is 55.9 Å². The molecule has 1 saturated heterocycles. The van der Waals surface area contributed by atoms with E-state index in [0.29, 0.717) is 0 Å². The largest absolute Gasteiger partial charge is 0.473 e. The van der Waals surface area contributed by atoms with Crippen molar-refractivity contribution in [3.05, 3.63) is 71.8 Å². The summed E-state index contributed by atoms with van der Waals surface area (Å²) in [4.78, 5) is 23.9. The van der Waals surface area contributed by atoms with Gasteiger partial charge < -0.3 is 9.47 Å². The molecule has 2 unspecified atom stereocenters. The summed E-state index contributed by atoms with van der Waals surface area (Å²) < 4.78 is 10.8. The van der Waals surface area contributed by atoms with E-state index < -0.39 is 5.60 Å². The van der Waals surface area contributed by atoms with Crippen LogP contribution in [0.4, 0.5) is 0 Å². The van der Waals surface area contributed by atoms with Crippen LogP contribution in [0, 0.1) is 5.92 Å². The van der Waals surface area contributed by atoms with E-state index in [0.717, 1.165) is 16.9 Å². The molecule has 0 bridgehead atoms. The molecule has 4 aliphatic rings. The Labute approximate surface area is 121 Å². The van der Waals surface area contributed by atoms with Gasteiger partial charge in [0.05, 0.1) is 18.6 Å². The SMILES string of the molecule is O=C1CC=C2C=CC3=CC=CC(=O)C3C23OC3=CC=CO1. The lowest BCUT2D eigenvalue weighted by Crippen LogP contribution is -2.36. The normalized spacial score (nSPS) is 32.6. The second kappa shape index (κ2) is 4.19. The fraction of sp³-hybridized carbons (Fsp3) is 0.176. The number of rotatable bonds is 0. The van der Waals surface area contributed by atoms with Crippen molar-refractivity contribution in [3.8, 4) is 0 Å². The minimum absolute atomic E-state index is 0.0229. The molecule has 4 nitrogen and oxygen atoms in total. The first kappa shape index (κ1) is 12.1. The van der Waals surface area contributed by atoms with Crippen molar-refractivity contribution in [2.75, 3.05) is 0 Å². The molecule has 2 aliphatic heterocycles. The minimum atomic E-state index is -0.746. The Morgan fingerprint density at radius 1 is 1.10 bits per heavy atom. The van der Waals surface area contributed by atoms with E-state index in [-0.39, 0.29) is 24.1 Å². The van der Waals surface area contributed by atoms with Crippen LogP contribution in [0.1, 0.15) is 6.42 Å². The number of allylic oxidation sites excluding steroid dienone is 6. The highest BCUT2D eigenvalue weighted by molar-refractivity contribution is 5.99. The van der Waals surface area contributed by atoms with E-state index in [9.17, 15) is 9.59 Å². The molecular weight excluding hydrogens is 268 g/mol. The molecular formula is C17H12O4. The Bertz CT molecular complexity index is 730. The Kier molecular flexibility index (Phi) is 2.42. The van der Waals surface area contributed by atoms with Crippen molar-refractivity contribution in [1.29, 1.82) is 0 Å². The first-order chi connectivity index (χ1) is 10.2. The molecule has 104 valence electrons. The molecule has 2 aliphatic carbocycles. The van der Waals surface area contributed by atoms with Crippen LogP contribution in [0.15, 0.2) is 71.8 Å². The van der Waals surface area contributed by atoms with Crippen LogP contribution in [-0.4, -0.2) is 17.4 Å². The maximum absolute atomic E-state index is 12.3. The van der Waals surface area contributed by atoms with Crippen molar-refractivity contribution in [3.63, 3.8) is 0 Å². The predicted molar refractivity (Wildman–Crippen MR) is 74.7 cm³/mol. The van der Waals surface area contributed by atoms with Gasteiger partial charge in [-0.15, -0.1) is 0 Å². The van der Waals surface area contributed by atoms with Crippen LogP contribution in [0.2, 0.25) is 0 Å². The molecule has 21 heavy (non-hydrogen) atoms. The lowest BCUT2D eigenvalue weighted by molar-refractivity contribution is -0.137. The molecule has 2 atom stereocenters. The zero-order valence-corrected chi connectivity index (χ0v) is 11.1. The first-order valence-electron chi connectivity index (χ1n) is 6.78. The third-order valence-corrected chi connectivity index (χ3v) is 4.07. The number of carbonyl (C=O) groups is 2. The molecule has 2 heterocycles. The molecule has 4 rings (SSSR count). The number of fused-ring (bicyclic) bond motifs is 1. The summed E-state index contributed by atoms with van der Waals surface area (Å²) in [5.41, 5.74) is 1.03. The maximum atomic E-state index is 12.3. The van der Waals surface area contributed by atoms with Crippen LogP contribution in [0.3, 0.4) is 0 Å². The van der Waals surface area contributed by atoms with E-state index in [4.69, 9.17) is 9.47 Å². The number of epoxide rings is 1. The maximum Gasteiger partial charge on any atom is 0.314 e. The molecule has 1 fully saturated rings. The summed E-state index contributed by atoms with van der Waals surface area (Å²) >= 11 is 0. The van der Waals surface area contributed by atoms with Gasteiger partial charge >= 0.3 is 5.97 Å². The second-order valence-electron chi connectivity index (χ2n) is 5.25. The zero-order chi connectivity index (χ0) is 14.4. The molecule has 0 aromatic carbocycles. The highest BCUT2D eigenvalue weighted by atomic mass is 16.6. The second-order valence-corrected chi connectivity index (χ2v) is 5.25. The van der Waals surface area contributed by atoms with Gasteiger partial charge in [-0.1, -0.05) is 30.4 Å². The van der Waals surface area contributed by atoms with Crippen molar-refractivity contribution in [2.45, 2.75) is 12.0 Å². The Morgan fingerprint density at radius 2 is 2.00 bits per heavy atom. The summed E-state index contributed by atoms with van der Waals surface area (Å²) in [6.07, 6.45) is 15.7. The minimum Gasteiger partial charge on any atom is -0.473 e. The molecule has 0 aromatic rings. The van der Waals surface area contributed by atoms with Gasteiger partial charge in [0.25, 0.3) is 0 Å². The fourth-order valence-corrected chi connectivity index (χ4v) is 3.09. The van der Waals surface area contributed by atoms with Gasteiger partial charge in [0.1, 0.15) is 5.76 Å². The van der Waals surface area contributed by atoms with Crippen LogP contribution >= 0.6 is 0 Å². The average molecular weight is 280 g/mol. The summed E-state index contributed by atoms with van der Waals surface area (Å²) in [6, 6.07) is 0. The fourth-order valence-electron chi connectivity index (χ4n) is 3.09. The smallest absolute Gasteiger partial charge is 0.314 e. The number of hydrogen-bond acceptors (Lipinski definition) is 4. The number of hydrogen-bond donors (Lipinski definition) is 0. The number of carbonyl (C=O) groups excluding carboxylic acids is 2. The van der Waals surface area contributed by atoms with Gasteiger partial charge in [0.15, 0.2) is 5.78 Å². The number of ketones is 1. The van der Waals surface area contributed by atoms with E-state index in [1.807, 2.05) is 18.2 Å². The summed E-state index contributed by atoms with van der Waals surface area (Å²) in [5, 5.41) is 0. The van der Waals surface area contributed by atoms with Gasteiger partial charge in [-0.25, -0.2) is 0 Å². The molecule has 0 N–H and O–H groups in total. The molecule has 0 aromatic heterocycles. The van der Waals surface area contributed by atoms with Crippen molar-refractivity contribution >= 4 is 11.8 Å². The van der Waals surface area contributed by atoms with Crippen LogP contribution < -0.4 is 0 Å². The predicted octanol–water partition coefficient (Wildman–Crippen LogP) is 2.28. The van der Waals surface area contributed by atoms with E-state index in [1.165, 1.54) is 6.26 Å². The highest BCUT2D eigenvalue weighted by Crippen LogP contribution is 2.58. The third kappa shape index (κ3) is 1.69. The number of ether oxygens (including phenoxy) is 2. The summed E-state index contributed by atoms with van der Waals surface area (Å²) in [7, 11) is 0. The Morgan fingerprint density at radius 3 is 2.90 bits per heavy atom. The van der Waals surface area contributed by atoms with Gasteiger partial charge in [0.2, 0.25) is 5.60 Å². The number of esters is 1. The molecule has 0 saturated carbocycles. The first-order valence-corrected chi connectivity index (χ1v) is 6.78. The molecule has 0 radical (unpaired) electrons. The average Bonchev–Trinajstić information content (AvgIpc) is 3.17. The Balaban J connectivity index is 1.87. The highest BCUT2D eigenvalue weighted by Gasteiger charge is 2.64. The third-order valence-electron chi connectivity index (χ3n) is 4.07. The quantitative estimate of drug-likeness (QED) is 0.504. The van der Waals surface area contributed by atoms with Gasteiger partial charge in [-0.05, 0) is 23.8 Å². The lowest BCUT2D eigenvalue weighted by atomic mass is 9.71. The zero-order valence-electron chi connectivity index (χ0n) is 11.1. The molecule has 4 heteroatoms. The van der Waals surface area contributed by atoms with Crippen molar-refractivity contribution in [1.82, 2.24) is 0 Å². The summed E-state index contributed by atoms with van der Waals surface area (Å²) in [5.74, 6) is 0.0477.